The first kappa shape index (κ1) is 24.8. The fraction of sp³-hybridized carbons (Fsp3) is 0.208. The van der Waals surface area contributed by atoms with Gasteiger partial charge in [0.25, 0.3) is 5.69 Å². The predicted octanol–water partition coefficient (Wildman–Crippen LogP) is 6.94. The first-order valence-electron chi connectivity index (χ1n) is 10.2. The third kappa shape index (κ3) is 6.60. The molecule has 33 heavy (non-hydrogen) atoms. The molecule has 0 N–H and O–H groups in total. The number of non-ortho nitro benzene ring substituents is 1. The Balaban J connectivity index is 1.88. The highest BCUT2D eigenvalue weighted by atomic mass is 79.9. The van der Waals surface area contributed by atoms with Crippen molar-refractivity contribution in [1.29, 1.82) is 0 Å². The molecule has 0 amide bonds. The summed E-state index contributed by atoms with van der Waals surface area (Å²) in [5.74, 6) is 0.123. The third-order valence-corrected chi connectivity index (χ3v) is 7.48. The number of nitrogens with zero attached hydrogens (tertiary/aromatic N) is 1. The number of carbonyl (C=O) groups is 1. The second-order valence-electron chi connectivity index (χ2n) is 7.49. The molecule has 7 nitrogen and oxygen atoms in total. The van der Waals surface area contributed by atoms with Crippen LogP contribution in [0.15, 0.2) is 89.0 Å². The van der Waals surface area contributed by atoms with E-state index in [1.54, 1.807) is 31.2 Å². The maximum Gasteiger partial charge on any atom is 0.384 e. The molecule has 9 heteroatoms. The Hall–Kier alpha value is -2.80. The van der Waals surface area contributed by atoms with E-state index in [0.29, 0.717) is 12.0 Å². The Kier molecular flexibility index (Phi) is 8.19. The van der Waals surface area contributed by atoms with Gasteiger partial charge in [0.05, 0.1) is 17.2 Å². The number of carbonyl (C=O) groups excluding carboxylic acids is 1. The van der Waals surface area contributed by atoms with Gasteiger partial charge in [-0.25, -0.2) is 4.57 Å². The molecular weight excluding hydrogens is 509 g/mol. The molecule has 0 heterocycles. The van der Waals surface area contributed by atoms with Gasteiger partial charge in [0, 0.05) is 28.6 Å². The summed E-state index contributed by atoms with van der Waals surface area (Å²) in [6, 6.07) is 12.5. The van der Waals surface area contributed by atoms with Crippen LogP contribution in [0.1, 0.15) is 25.3 Å². The van der Waals surface area contributed by atoms with E-state index in [0.717, 1.165) is 15.6 Å². The lowest BCUT2D eigenvalue weighted by Crippen LogP contribution is -2.14. The van der Waals surface area contributed by atoms with Crippen molar-refractivity contribution >= 4 is 35.0 Å². The van der Waals surface area contributed by atoms with Crippen molar-refractivity contribution in [2.24, 2.45) is 0 Å². The molecular formula is C24H23BrNO6P. The number of hydrogen-bond donors (Lipinski definition) is 0. The third-order valence-electron chi connectivity index (χ3n) is 5.13. The molecule has 0 fully saturated rings. The van der Waals surface area contributed by atoms with Crippen LogP contribution < -0.4 is 4.52 Å². The van der Waals surface area contributed by atoms with Crippen LogP contribution in [-0.4, -0.2) is 16.8 Å². The highest BCUT2D eigenvalue weighted by molar-refractivity contribution is 9.10. The Bertz CT molecular complexity index is 1150. The number of halogens is 1. The normalized spacial score (nSPS) is 17.9. The van der Waals surface area contributed by atoms with Crippen LogP contribution in [0.4, 0.5) is 5.69 Å². The number of nitro groups is 1. The second-order valence-corrected chi connectivity index (χ2v) is 10.3. The van der Waals surface area contributed by atoms with Crippen molar-refractivity contribution in [3.8, 4) is 5.75 Å². The minimum Gasteiger partial charge on any atom is -0.424 e. The van der Waals surface area contributed by atoms with E-state index in [1.165, 1.54) is 24.3 Å². The highest BCUT2D eigenvalue weighted by Gasteiger charge is 2.37. The Morgan fingerprint density at radius 3 is 2.48 bits per heavy atom. The molecule has 0 bridgehead atoms. The number of hydrogen-bond acceptors (Lipinski definition) is 6. The first-order chi connectivity index (χ1) is 15.7. The molecule has 1 unspecified atom stereocenters. The van der Waals surface area contributed by atoms with Crippen LogP contribution in [0.5, 0.6) is 5.75 Å². The molecule has 1 aliphatic carbocycles. The highest BCUT2D eigenvalue weighted by Crippen LogP contribution is 2.54. The van der Waals surface area contributed by atoms with Crippen molar-refractivity contribution in [3.05, 3.63) is 105 Å². The molecule has 172 valence electrons. The van der Waals surface area contributed by atoms with Gasteiger partial charge in [0.1, 0.15) is 5.75 Å². The fourth-order valence-electron chi connectivity index (χ4n) is 3.42. The van der Waals surface area contributed by atoms with Crippen LogP contribution in [0.25, 0.3) is 0 Å². The van der Waals surface area contributed by atoms with E-state index in [1.807, 2.05) is 18.2 Å². The second kappa shape index (κ2) is 10.9. The van der Waals surface area contributed by atoms with Gasteiger partial charge in [-0.05, 0) is 48.7 Å². The monoisotopic (exact) mass is 531 g/mol. The van der Waals surface area contributed by atoms with Crippen LogP contribution in [-0.2, 0) is 20.0 Å². The zero-order valence-corrected chi connectivity index (χ0v) is 20.5. The van der Waals surface area contributed by atoms with Gasteiger partial charge in [-0.15, -0.1) is 0 Å². The standard InChI is InChI=1S/C24H23BrNO6P/c1-3-4-5-6-22-17(2)24(15-23(22)27)32-33(30,16-18-7-9-19(25)10-8-18)31-21-13-11-20(12-14-21)26(28)29/h3-5,7-14,24H,1,6,15-16H2,2H3/b5-4-/t24-,33?/m0/s1. The van der Waals surface area contributed by atoms with Gasteiger partial charge in [-0.1, -0.05) is 52.9 Å². The molecule has 0 aromatic heterocycles. The number of allylic oxidation sites excluding steroid dienone is 4. The SMILES string of the molecule is C=C/C=C\CC1=C(C)[C@@H](OP(=O)(Cc2ccc(Br)cc2)Oc2ccc([N+](=O)[O-])cc2)CC1=O. The van der Waals surface area contributed by atoms with Crippen LogP contribution in [0.3, 0.4) is 0 Å². The van der Waals surface area contributed by atoms with E-state index >= 15 is 0 Å². The smallest absolute Gasteiger partial charge is 0.384 e. The summed E-state index contributed by atoms with van der Waals surface area (Å²) in [4.78, 5) is 22.9. The lowest BCUT2D eigenvalue weighted by Gasteiger charge is -2.23. The molecule has 2 atom stereocenters. The molecule has 0 aliphatic heterocycles. The molecule has 2 aromatic carbocycles. The number of Topliss-reactive ketones (excluding diaryl/α,β-unsaturated/α-hetero) is 1. The van der Waals surface area contributed by atoms with Crippen molar-refractivity contribution in [2.75, 3.05) is 0 Å². The number of benzene rings is 2. The lowest BCUT2D eigenvalue weighted by atomic mass is 10.1. The van der Waals surface area contributed by atoms with Crippen molar-refractivity contribution in [1.82, 2.24) is 0 Å². The van der Waals surface area contributed by atoms with E-state index in [2.05, 4.69) is 22.5 Å². The number of ketones is 1. The van der Waals surface area contributed by atoms with E-state index in [-0.39, 0.29) is 29.8 Å². The van der Waals surface area contributed by atoms with Gasteiger partial charge in [-0.3, -0.25) is 19.4 Å². The van der Waals surface area contributed by atoms with Crippen LogP contribution in [0.2, 0.25) is 0 Å². The molecule has 3 rings (SSSR count). The summed E-state index contributed by atoms with van der Waals surface area (Å²) in [7, 11) is -3.79. The summed E-state index contributed by atoms with van der Waals surface area (Å²) in [5, 5.41) is 10.9. The zero-order chi connectivity index (χ0) is 24.0. The minimum absolute atomic E-state index is 0.0268. The molecule has 0 radical (unpaired) electrons. The van der Waals surface area contributed by atoms with Gasteiger partial charge < -0.3 is 4.52 Å². The van der Waals surface area contributed by atoms with Crippen LogP contribution in [0, 0.1) is 10.1 Å². The molecule has 0 spiro atoms. The quantitative estimate of drug-likeness (QED) is 0.142. The summed E-state index contributed by atoms with van der Waals surface area (Å²) < 4.78 is 26.5. The molecule has 1 aliphatic rings. The number of nitro benzene ring substituents is 1. The summed E-state index contributed by atoms with van der Waals surface area (Å²) in [5.41, 5.74) is 1.97. The maximum absolute atomic E-state index is 13.9. The van der Waals surface area contributed by atoms with Crippen molar-refractivity contribution in [2.45, 2.75) is 32.0 Å². The topological polar surface area (TPSA) is 95.7 Å². The summed E-state index contributed by atoms with van der Waals surface area (Å²) in [6.07, 6.45) is 5.05. The largest absolute Gasteiger partial charge is 0.424 e. The van der Waals surface area contributed by atoms with E-state index in [4.69, 9.17) is 9.05 Å². The van der Waals surface area contributed by atoms with E-state index < -0.39 is 18.6 Å². The van der Waals surface area contributed by atoms with E-state index in [9.17, 15) is 19.5 Å². The maximum atomic E-state index is 13.9. The first-order valence-corrected chi connectivity index (χ1v) is 12.7. The Labute approximate surface area is 200 Å². The van der Waals surface area contributed by atoms with Crippen LogP contribution >= 0.6 is 23.5 Å². The van der Waals surface area contributed by atoms with Gasteiger partial charge in [-0.2, -0.15) is 0 Å². The fourth-order valence-corrected chi connectivity index (χ4v) is 5.59. The van der Waals surface area contributed by atoms with Crippen molar-refractivity contribution < 1.29 is 23.3 Å². The van der Waals surface area contributed by atoms with Crippen molar-refractivity contribution in [3.63, 3.8) is 0 Å². The minimum atomic E-state index is -3.79. The Morgan fingerprint density at radius 2 is 1.88 bits per heavy atom. The molecule has 0 saturated heterocycles. The molecule has 0 saturated carbocycles. The van der Waals surface area contributed by atoms with Gasteiger partial charge in [0.2, 0.25) is 0 Å². The lowest BCUT2D eigenvalue weighted by molar-refractivity contribution is -0.384. The molecule has 2 aromatic rings. The zero-order valence-electron chi connectivity index (χ0n) is 18.0. The predicted molar refractivity (Wildman–Crippen MR) is 130 cm³/mol. The summed E-state index contributed by atoms with van der Waals surface area (Å²) in [6.45, 7) is 5.41. The average Bonchev–Trinajstić information content (AvgIpc) is 3.02. The summed E-state index contributed by atoms with van der Waals surface area (Å²) >= 11 is 3.37. The average molecular weight is 532 g/mol. The van der Waals surface area contributed by atoms with Gasteiger partial charge in [0.15, 0.2) is 5.78 Å². The number of rotatable bonds is 10. The van der Waals surface area contributed by atoms with Gasteiger partial charge >= 0.3 is 7.60 Å². The Morgan fingerprint density at radius 1 is 1.21 bits per heavy atom.